The zero-order valence-electron chi connectivity index (χ0n) is 8.83. The van der Waals surface area contributed by atoms with Gasteiger partial charge in [0.25, 0.3) is 6.43 Å². The molecular weight excluding hydrogens is 219 g/mol. The monoisotopic (exact) mass is 233 g/mol. The first-order valence-corrected chi connectivity index (χ1v) is 4.95. The molecule has 0 fully saturated rings. The molecular formula is C11H14F3NO. The lowest BCUT2D eigenvalue weighted by atomic mass is 10.1. The highest BCUT2D eigenvalue weighted by atomic mass is 19.3. The summed E-state index contributed by atoms with van der Waals surface area (Å²) in [6.45, 7) is 1.49. The van der Waals surface area contributed by atoms with Crippen molar-refractivity contribution in [2.45, 2.75) is 25.5 Å². The molecule has 0 aliphatic rings. The van der Waals surface area contributed by atoms with E-state index in [-0.39, 0.29) is 18.4 Å². The molecule has 0 bridgehead atoms. The van der Waals surface area contributed by atoms with E-state index < -0.39 is 12.5 Å². The van der Waals surface area contributed by atoms with Gasteiger partial charge in [-0.15, -0.1) is 0 Å². The van der Waals surface area contributed by atoms with Crippen molar-refractivity contribution in [3.63, 3.8) is 0 Å². The number of hydrogen-bond donors (Lipinski definition) is 2. The van der Waals surface area contributed by atoms with Crippen LogP contribution < -0.4 is 5.32 Å². The van der Waals surface area contributed by atoms with Gasteiger partial charge in [-0.2, -0.15) is 0 Å². The van der Waals surface area contributed by atoms with Gasteiger partial charge in [0, 0.05) is 12.6 Å². The van der Waals surface area contributed by atoms with Crippen molar-refractivity contribution in [1.82, 2.24) is 5.32 Å². The second-order valence-electron chi connectivity index (χ2n) is 3.59. The molecule has 0 saturated carbocycles. The first-order valence-electron chi connectivity index (χ1n) is 4.95. The number of aliphatic hydroxyl groups excluding tert-OH is 1. The van der Waals surface area contributed by atoms with Crippen LogP contribution >= 0.6 is 0 Å². The van der Waals surface area contributed by atoms with Gasteiger partial charge in [-0.05, 0) is 24.6 Å². The van der Waals surface area contributed by atoms with Crippen LogP contribution in [0.1, 0.15) is 18.5 Å². The third kappa shape index (κ3) is 3.83. The van der Waals surface area contributed by atoms with Gasteiger partial charge in [0.1, 0.15) is 11.9 Å². The van der Waals surface area contributed by atoms with E-state index in [0.717, 1.165) is 0 Å². The van der Waals surface area contributed by atoms with Gasteiger partial charge in [0.05, 0.1) is 0 Å². The summed E-state index contributed by atoms with van der Waals surface area (Å²) in [5.74, 6) is -0.374. The van der Waals surface area contributed by atoms with Gasteiger partial charge < -0.3 is 10.4 Å². The van der Waals surface area contributed by atoms with Crippen LogP contribution in [0.25, 0.3) is 0 Å². The molecule has 0 aliphatic carbocycles. The molecule has 2 atom stereocenters. The summed E-state index contributed by atoms with van der Waals surface area (Å²) in [5.41, 5.74) is 0.654. The maximum atomic E-state index is 12.9. The Hall–Kier alpha value is -1.07. The molecule has 0 spiro atoms. The molecule has 1 aromatic rings. The number of halogens is 3. The Labute approximate surface area is 92.1 Å². The highest BCUT2D eigenvalue weighted by Crippen LogP contribution is 2.13. The fourth-order valence-corrected chi connectivity index (χ4v) is 1.28. The standard InChI is InChI=1S/C11H14F3NO/c1-7(15-6-10(16)11(13)14)8-3-2-4-9(12)5-8/h2-5,7,10-11,15-16H,6H2,1H3. The maximum Gasteiger partial charge on any atom is 0.265 e. The van der Waals surface area contributed by atoms with Crippen molar-refractivity contribution < 1.29 is 18.3 Å². The Kier molecular flexibility index (Phi) is 4.76. The van der Waals surface area contributed by atoms with E-state index in [4.69, 9.17) is 5.11 Å². The SMILES string of the molecule is CC(NCC(O)C(F)F)c1cccc(F)c1. The molecule has 1 rings (SSSR count). The predicted molar refractivity (Wildman–Crippen MR) is 54.8 cm³/mol. The molecule has 2 unspecified atom stereocenters. The van der Waals surface area contributed by atoms with Gasteiger partial charge in [-0.3, -0.25) is 0 Å². The van der Waals surface area contributed by atoms with Crippen LogP contribution in [0.4, 0.5) is 13.2 Å². The minimum absolute atomic E-state index is 0.227. The summed E-state index contributed by atoms with van der Waals surface area (Å²) in [4.78, 5) is 0. The molecule has 0 heterocycles. The van der Waals surface area contributed by atoms with Crippen LogP contribution in [-0.4, -0.2) is 24.2 Å². The molecule has 16 heavy (non-hydrogen) atoms. The molecule has 0 aliphatic heterocycles. The second kappa shape index (κ2) is 5.86. The van der Waals surface area contributed by atoms with Crippen molar-refractivity contribution in [2.24, 2.45) is 0 Å². The molecule has 2 N–H and O–H groups in total. The molecule has 0 radical (unpaired) electrons. The van der Waals surface area contributed by atoms with Crippen LogP contribution in [0.2, 0.25) is 0 Å². The Morgan fingerprint density at radius 1 is 1.38 bits per heavy atom. The smallest absolute Gasteiger partial charge is 0.265 e. The van der Waals surface area contributed by atoms with E-state index in [0.29, 0.717) is 5.56 Å². The van der Waals surface area contributed by atoms with Crippen molar-refractivity contribution in [3.8, 4) is 0 Å². The van der Waals surface area contributed by atoms with Crippen LogP contribution in [0.15, 0.2) is 24.3 Å². The van der Waals surface area contributed by atoms with E-state index >= 15 is 0 Å². The van der Waals surface area contributed by atoms with Crippen LogP contribution in [0.5, 0.6) is 0 Å². The van der Waals surface area contributed by atoms with E-state index in [2.05, 4.69) is 5.32 Å². The first kappa shape index (κ1) is 13.0. The number of nitrogens with one attached hydrogen (secondary N) is 1. The molecule has 5 heteroatoms. The van der Waals surface area contributed by atoms with Gasteiger partial charge in [0.15, 0.2) is 0 Å². The summed E-state index contributed by atoms with van der Waals surface area (Å²) in [6.07, 6.45) is -4.47. The van der Waals surface area contributed by atoms with E-state index in [1.807, 2.05) is 0 Å². The third-order valence-corrected chi connectivity index (χ3v) is 2.27. The number of rotatable bonds is 5. The van der Waals surface area contributed by atoms with Crippen LogP contribution in [-0.2, 0) is 0 Å². The molecule has 2 nitrogen and oxygen atoms in total. The lowest BCUT2D eigenvalue weighted by Gasteiger charge is -2.17. The lowest BCUT2D eigenvalue weighted by molar-refractivity contribution is -0.00439. The highest BCUT2D eigenvalue weighted by Gasteiger charge is 2.17. The molecule has 0 amide bonds. The van der Waals surface area contributed by atoms with Gasteiger partial charge in [-0.25, -0.2) is 13.2 Å². The van der Waals surface area contributed by atoms with Gasteiger partial charge in [0.2, 0.25) is 0 Å². The van der Waals surface area contributed by atoms with Gasteiger partial charge >= 0.3 is 0 Å². The molecule has 90 valence electrons. The average molecular weight is 233 g/mol. The zero-order valence-corrected chi connectivity index (χ0v) is 8.83. The summed E-state index contributed by atoms with van der Waals surface area (Å²) in [5, 5.41) is 11.6. The Morgan fingerprint density at radius 3 is 2.62 bits per heavy atom. The van der Waals surface area contributed by atoms with E-state index in [1.54, 1.807) is 19.1 Å². The summed E-state index contributed by atoms with van der Waals surface area (Å²) >= 11 is 0. The van der Waals surface area contributed by atoms with Crippen molar-refractivity contribution in [3.05, 3.63) is 35.6 Å². The fraction of sp³-hybridized carbons (Fsp3) is 0.455. The summed E-state index contributed by atoms with van der Waals surface area (Å²) in [6, 6.07) is 5.59. The quantitative estimate of drug-likeness (QED) is 0.816. The zero-order chi connectivity index (χ0) is 12.1. The Bertz CT molecular complexity index is 333. The van der Waals surface area contributed by atoms with E-state index in [9.17, 15) is 13.2 Å². The average Bonchev–Trinajstić information content (AvgIpc) is 2.25. The first-order chi connectivity index (χ1) is 7.50. The molecule has 0 saturated heterocycles. The minimum atomic E-state index is -2.77. The predicted octanol–water partition coefficient (Wildman–Crippen LogP) is 2.10. The lowest BCUT2D eigenvalue weighted by Crippen LogP contribution is -2.33. The normalized spacial score (nSPS) is 15.1. The minimum Gasteiger partial charge on any atom is -0.386 e. The van der Waals surface area contributed by atoms with E-state index in [1.165, 1.54) is 12.1 Å². The Morgan fingerprint density at radius 2 is 2.06 bits per heavy atom. The summed E-state index contributed by atoms with van der Waals surface area (Å²) in [7, 11) is 0. The largest absolute Gasteiger partial charge is 0.386 e. The van der Waals surface area contributed by atoms with Crippen molar-refractivity contribution in [1.29, 1.82) is 0 Å². The second-order valence-corrected chi connectivity index (χ2v) is 3.59. The topological polar surface area (TPSA) is 32.3 Å². The molecule has 0 aromatic heterocycles. The Balaban J connectivity index is 2.49. The number of aliphatic hydroxyl groups is 1. The van der Waals surface area contributed by atoms with Crippen LogP contribution in [0.3, 0.4) is 0 Å². The fourth-order valence-electron chi connectivity index (χ4n) is 1.28. The maximum absolute atomic E-state index is 12.9. The molecule has 1 aromatic carbocycles. The highest BCUT2D eigenvalue weighted by molar-refractivity contribution is 5.19. The van der Waals surface area contributed by atoms with Crippen molar-refractivity contribution in [2.75, 3.05) is 6.54 Å². The number of alkyl halides is 2. The number of benzene rings is 1. The van der Waals surface area contributed by atoms with Crippen molar-refractivity contribution >= 4 is 0 Å². The number of hydrogen-bond acceptors (Lipinski definition) is 2. The summed E-state index contributed by atoms with van der Waals surface area (Å²) < 4.78 is 36.8. The third-order valence-electron chi connectivity index (χ3n) is 2.27. The van der Waals surface area contributed by atoms with Gasteiger partial charge in [-0.1, -0.05) is 12.1 Å². The van der Waals surface area contributed by atoms with Crippen LogP contribution in [0, 0.1) is 5.82 Å².